The number of nitrogens with zero attached hydrogens (tertiary/aromatic N) is 2. The summed E-state index contributed by atoms with van der Waals surface area (Å²) in [6.07, 6.45) is 5.55. The Labute approximate surface area is 120 Å². The summed E-state index contributed by atoms with van der Waals surface area (Å²) in [7, 11) is 0. The molecular formula is C17H34N2. The number of hydrogen-bond donors (Lipinski definition) is 0. The van der Waals surface area contributed by atoms with Crippen molar-refractivity contribution < 1.29 is 0 Å². The second-order valence-electron chi connectivity index (χ2n) is 7.70. The van der Waals surface area contributed by atoms with Gasteiger partial charge in [-0.1, -0.05) is 13.8 Å². The molecule has 0 radical (unpaired) electrons. The fraction of sp³-hybridized carbons (Fsp3) is 1.00. The highest BCUT2D eigenvalue weighted by atomic mass is 15.2. The molecule has 2 heterocycles. The summed E-state index contributed by atoms with van der Waals surface area (Å²) in [6.45, 7) is 17.2. The van der Waals surface area contributed by atoms with Crippen molar-refractivity contribution in [3.05, 3.63) is 0 Å². The minimum absolute atomic E-state index is 0.480. The molecule has 2 nitrogen and oxygen atoms in total. The number of piperidine rings is 2. The van der Waals surface area contributed by atoms with E-state index in [1.807, 2.05) is 0 Å². The van der Waals surface area contributed by atoms with Crippen LogP contribution in [0, 0.1) is 11.8 Å². The van der Waals surface area contributed by atoms with Gasteiger partial charge in [-0.15, -0.1) is 0 Å². The predicted octanol–water partition coefficient (Wildman–Crippen LogP) is 3.62. The van der Waals surface area contributed by atoms with E-state index in [2.05, 4.69) is 44.4 Å². The average molecular weight is 266 g/mol. The fourth-order valence-electron chi connectivity index (χ4n) is 3.94. The number of hydrogen-bond acceptors (Lipinski definition) is 2. The molecule has 0 N–H and O–H groups in total. The summed E-state index contributed by atoms with van der Waals surface area (Å²) in [5.74, 6) is 1.84. The van der Waals surface area contributed by atoms with Crippen molar-refractivity contribution in [2.75, 3.05) is 26.2 Å². The van der Waals surface area contributed by atoms with Crippen LogP contribution in [0.1, 0.15) is 60.3 Å². The van der Waals surface area contributed by atoms with Crippen molar-refractivity contribution >= 4 is 0 Å². The summed E-state index contributed by atoms with van der Waals surface area (Å²) in [6, 6.07) is 0.719. The van der Waals surface area contributed by atoms with Crippen LogP contribution in [0.3, 0.4) is 0 Å². The zero-order valence-electron chi connectivity index (χ0n) is 13.8. The van der Waals surface area contributed by atoms with Crippen LogP contribution in [0.2, 0.25) is 0 Å². The van der Waals surface area contributed by atoms with Crippen LogP contribution >= 0.6 is 0 Å². The topological polar surface area (TPSA) is 6.48 Å². The molecule has 0 aromatic carbocycles. The van der Waals surface area contributed by atoms with Gasteiger partial charge in [0.15, 0.2) is 0 Å². The molecule has 0 aliphatic carbocycles. The van der Waals surface area contributed by atoms with Crippen molar-refractivity contribution in [1.82, 2.24) is 9.80 Å². The van der Waals surface area contributed by atoms with Crippen molar-refractivity contribution in [1.29, 1.82) is 0 Å². The van der Waals surface area contributed by atoms with Crippen LogP contribution < -0.4 is 0 Å². The zero-order chi connectivity index (χ0) is 14.0. The maximum Gasteiger partial charge on any atom is 0.0205 e. The summed E-state index contributed by atoms with van der Waals surface area (Å²) in [4.78, 5) is 5.45. The standard InChI is InChI=1S/C17H34N2/c1-14(2)16-6-10-19(11-7-16)17(5)8-12-18(13-9-17)15(3)4/h14-16H,6-13H2,1-5H3. The lowest BCUT2D eigenvalue weighted by Crippen LogP contribution is -2.56. The highest BCUT2D eigenvalue weighted by Gasteiger charge is 2.37. The molecule has 0 aromatic rings. The lowest BCUT2D eigenvalue weighted by atomic mass is 9.81. The van der Waals surface area contributed by atoms with Gasteiger partial charge in [-0.2, -0.15) is 0 Å². The van der Waals surface area contributed by atoms with E-state index in [0.717, 1.165) is 17.9 Å². The van der Waals surface area contributed by atoms with Gasteiger partial charge in [0.25, 0.3) is 0 Å². The van der Waals surface area contributed by atoms with Gasteiger partial charge in [0.1, 0.15) is 0 Å². The Hall–Kier alpha value is -0.0800. The van der Waals surface area contributed by atoms with Crippen molar-refractivity contribution in [3.63, 3.8) is 0 Å². The van der Waals surface area contributed by atoms with Gasteiger partial charge in [-0.05, 0) is 71.4 Å². The van der Waals surface area contributed by atoms with Gasteiger partial charge >= 0.3 is 0 Å². The van der Waals surface area contributed by atoms with E-state index in [1.165, 1.54) is 51.9 Å². The van der Waals surface area contributed by atoms with Gasteiger partial charge in [-0.25, -0.2) is 0 Å². The Balaban J connectivity index is 1.86. The molecule has 112 valence electrons. The molecule has 0 bridgehead atoms. The van der Waals surface area contributed by atoms with E-state index in [4.69, 9.17) is 0 Å². The third-order valence-electron chi connectivity index (χ3n) is 5.85. The van der Waals surface area contributed by atoms with Gasteiger partial charge in [0, 0.05) is 24.7 Å². The van der Waals surface area contributed by atoms with Crippen LogP contribution in [-0.4, -0.2) is 47.6 Å². The molecule has 2 fully saturated rings. The Bertz CT molecular complexity index is 269. The molecule has 2 heteroatoms. The third-order valence-corrected chi connectivity index (χ3v) is 5.85. The average Bonchev–Trinajstić information content (AvgIpc) is 2.39. The van der Waals surface area contributed by atoms with Crippen LogP contribution in [0.5, 0.6) is 0 Å². The second-order valence-corrected chi connectivity index (χ2v) is 7.70. The first-order valence-corrected chi connectivity index (χ1v) is 8.41. The molecule has 0 spiro atoms. The smallest absolute Gasteiger partial charge is 0.0205 e. The molecule has 0 aromatic heterocycles. The van der Waals surface area contributed by atoms with Crippen LogP contribution in [0.4, 0.5) is 0 Å². The van der Waals surface area contributed by atoms with Gasteiger partial charge in [-0.3, -0.25) is 4.90 Å². The first-order valence-electron chi connectivity index (χ1n) is 8.41. The Morgan fingerprint density at radius 2 is 1.42 bits per heavy atom. The van der Waals surface area contributed by atoms with Gasteiger partial charge < -0.3 is 4.90 Å². The summed E-state index contributed by atoms with van der Waals surface area (Å²) in [5.41, 5.74) is 0.480. The minimum Gasteiger partial charge on any atom is -0.301 e. The van der Waals surface area contributed by atoms with Crippen LogP contribution in [0.25, 0.3) is 0 Å². The Kier molecular flexibility index (Phi) is 4.94. The van der Waals surface area contributed by atoms with E-state index in [0.29, 0.717) is 5.54 Å². The van der Waals surface area contributed by atoms with E-state index < -0.39 is 0 Å². The molecule has 0 saturated carbocycles. The second kappa shape index (κ2) is 6.13. The molecule has 0 amide bonds. The molecular weight excluding hydrogens is 232 g/mol. The summed E-state index contributed by atoms with van der Waals surface area (Å²) >= 11 is 0. The monoisotopic (exact) mass is 266 g/mol. The summed E-state index contributed by atoms with van der Waals surface area (Å²) < 4.78 is 0. The molecule has 2 aliphatic heterocycles. The molecule has 0 unspecified atom stereocenters. The van der Waals surface area contributed by atoms with E-state index in [9.17, 15) is 0 Å². The Morgan fingerprint density at radius 1 is 0.895 bits per heavy atom. The largest absolute Gasteiger partial charge is 0.301 e. The van der Waals surface area contributed by atoms with E-state index >= 15 is 0 Å². The first kappa shape index (κ1) is 15.3. The fourth-order valence-corrected chi connectivity index (χ4v) is 3.94. The van der Waals surface area contributed by atoms with E-state index in [-0.39, 0.29) is 0 Å². The van der Waals surface area contributed by atoms with Crippen LogP contribution in [0.15, 0.2) is 0 Å². The SMILES string of the molecule is CC(C)C1CCN(C2(C)CCN(C(C)C)CC2)CC1. The zero-order valence-corrected chi connectivity index (χ0v) is 13.8. The van der Waals surface area contributed by atoms with Gasteiger partial charge in [0.05, 0.1) is 0 Å². The van der Waals surface area contributed by atoms with Crippen molar-refractivity contribution in [3.8, 4) is 0 Å². The Morgan fingerprint density at radius 3 is 1.84 bits per heavy atom. The third kappa shape index (κ3) is 3.52. The first-order chi connectivity index (χ1) is 8.92. The summed E-state index contributed by atoms with van der Waals surface area (Å²) in [5, 5.41) is 0. The van der Waals surface area contributed by atoms with E-state index in [1.54, 1.807) is 0 Å². The highest BCUT2D eigenvalue weighted by molar-refractivity contribution is 4.94. The van der Waals surface area contributed by atoms with Gasteiger partial charge in [0.2, 0.25) is 0 Å². The minimum atomic E-state index is 0.480. The maximum atomic E-state index is 2.81. The quantitative estimate of drug-likeness (QED) is 0.770. The lowest BCUT2D eigenvalue weighted by molar-refractivity contribution is -0.000599. The molecule has 2 saturated heterocycles. The lowest BCUT2D eigenvalue weighted by Gasteiger charge is -2.50. The van der Waals surface area contributed by atoms with Crippen molar-refractivity contribution in [2.45, 2.75) is 71.9 Å². The molecule has 19 heavy (non-hydrogen) atoms. The number of likely N-dealkylation sites (tertiary alicyclic amines) is 2. The predicted molar refractivity (Wildman–Crippen MR) is 83.5 cm³/mol. The molecule has 0 atom stereocenters. The maximum absolute atomic E-state index is 2.81. The molecule has 2 aliphatic rings. The van der Waals surface area contributed by atoms with Crippen LogP contribution in [-0.2, 0) is 0 Å². The number of rotatable bonds is 3. The normalized spacial score (nSPS) is 27.3. The van der Waals surface area contributed by atoms with Crippen molar-refractivity contribution in [2.24, 2.45) is 11.8 Å². The highest BCUT2D eigenvalue weighted by Crippen LogP contribution is 2.34. The molecule has 2 rings (SSSR count).